The minimum Gasteiger partial charge on any atom is -0.396 e. The van der Waals surface area contributed by atoms with Crippen molar-refractivity contribution < 1.29 is 9.59 Å². The summed E-state index contributed by atoms with van der Waals surface area (Å²) in [5, 5.41) is 9.89. The Morgan fingerprint density at radius 3 is 2.52 bits per heavy atom. The first-order valence-electron chi connectivity index (χ1n) is 9.49. The number of nitrogens with zero attached hydrogens (tertiary/aromatic N) is 3. The molecule has 1 aromatic carbocycles. The number of aryl methyl sites for hydroxylation is 1. The zero-order valence-corrected chi connectivity index (χ0v) is 17.0. The third kappa shape index (κ3) is 5.02. The molecule has 0 radical (unpaired) electrons. The van der Waals surface area contributed by atoms with E-state index in [1.807, 2.05) is 37.3 Å². The topological polar surface area (TPSA) is 151 Å². The molecule has 0 unspecified atom stereocenters. The van der Waals surface area contributed by atoms with Gasteiger partial charge in [-0.3, -0.25) is 14.6 Å². The molecule has 0 aliphatic rings. The summed E-state index contributed by atoms with van der Waals surface area (Å²) in [5.74, 6) is -1.56. The number of pyridine rings is 2. The Hall–Kier alpha value is -4.27. The lowest BCUT2D eigenvalue weighted by molar-refractivity contribution is -0.144. The number of anilines is 3. The first kappa shape index (κ1) is 21.4. The highest BCUT2D eigenvalue weighted by atomic mass is 16.2. The fraction of sp³-hybridized carbons (Fsp3) is 0.136. The fourth-order valence-corrected chi connectivity index (χ4v) is 3.01. The lowest BCUT2D eigenvalue weighted by Crippen LogP contribution is -2.39. The summed E-state index contributed by atoms with van der Waals surface area (Å²) in [7, 11) is 0. The van der Waals surface area contributed by atoms with Gasteiger partial charge in [0.05, 0.1) is 35.4 Å². The lowest BCUT2D eigenvalue weighted by Gasteiger charge is -2.23. The molecule has 2 aromatic heterocycles. The van der Waals surface area contributed by atoms with Gasteiger partial charge in [0.25, 0.3) is 0 Å². The van der Waals surface area contributed by atoms with E-state index in [-0.39, 0.29) is 35.8 Å². The van der Waals surface area contributed by atoms with Crippen molar-refractivity contribution in [3.63, 3.8) is 0 Å². The summed E-state index contributed by atoms with van der Waals surface area (Å²) < 4.78 is 0. The number of carbonyl (C=O) groups excluding carboxylic acids is 2. The summed E-state index contributed by atoms with van der Waals surface area (Å²) >= 11 is 0. The van der Waals surface area contributed by atoms with Gasteiger partial charge in [-0.1, -0.05) is 30.3 Å². The molecule has 0 aliphatic heterocycles. The molecule has 0 spiro atoms. The molecule has 2 heterocycles. The maximum Gasteiger partial charge on any atom is 0.314 e. The van der Waals surface area contributed by atoms with Gasteiger partial charge in [-0.15, -0.1) is 0 Å². The number of nitrogens with two attached hydrogens (primary N) is 2. The molecule has 9 nitrogen and oxygen atoms in total. The van der Waals surface area contributed by atoms with E-state index in [2.05, 4.69) is 15.3 Å². The van der Waals surface area contributed by atoms with Gasteiger partial charge in [0.15, 0.2) is 0 Å². The predicted molar refractivity (Wildman–Crippen MR) is 119 cm³/mol. The van der Waals surface area contributed by atoms with Crippen LogP contribution in [0, 0.1) is 12.3 Å². The molecule has 2 amide bonds. The number of hydrogen-bond acceptors (Lipinski definition) is 7. The van der Waals surface area contributed by atoms with Crippen molar-refractivity contribution in [2.45, 2.75) is 20.0 Å². The average Bonchev–Trinajstić information content (AvgIpc) is 2.77. The monoisotopic (exact) mass is 417 g/mol. The second-order valence-corrected chi connectivity index (χ2v) is 6.89. The Kier molecular flexibility index (Phi) is 6.56. The normalized spacial score (nSPS) is 10.4. The summed E-state index contributed by atoms with van der Waals surface area (Å²) in [6.07, 6.45) is 3.83. The van der Waals surface area contributed by atoms with Gasteiger partial charge < -0.3 is 27.1 Å². The van der Waals surface area contributed by atoms with E-state index in [0.29, 0.717) is 5.69 Å². The Balaban J connectivity index is 1.86. The molecule has 31 heavy (non-hydrogen) atoms. The van der Waals surface area contributed by atoms with Crippen LogP contribution < -0.4 is 16.8 Å². The summed E-state index contributed by atoms with van der Waals surface area (Å²) in [5.41, 5.74) is 14.6. The Bertz CT molecular complexity index is 1120. The molecular weight excluding hydrogens is 394 g/mol. The van der Waals surface area contributed by atoms with Crippen molar-refractivity contribution in [3.05, 3.63) is 77.2 Å². The van der Waals surface area contributed by atoms with E-state index in [4.69, 9.17) is 16.9 Å². The van der Waals surface area contributed by atoms with E-state index in [0.717, 1.165) is 17.3 Å². The van der Waals surface area contributed by atoms with Gasteiger partial charge in [-0.2, -0.15) is 0 Å². The lowest BCUT2D eigenvalue weighted by atomic mass is 10.1. The quantitative estimate of drug-likeness (QED) is 0.356. The van der Waals surface area contributed by atoms with Crippen molar-refractivity contribution in [2.24, 2.45) is 0 Å². The molecular formula is C22H23N7O2. The van der Waals surface area contributed by atoms with E-state index in [1.165, 1.54) is 11.1 Å². The Morgan fingerprint density at radius 2 is 1.84 bits per heavy atom. The molecule has 3 rings (SSSR count). The van der Waals surface area contributed by atoms with Crippen LogP contribution in [0.3, 0.4) is 0 Å². The summed E-state index contributed by atoms with van der Waals surface area (Å²) in [4.78, 5) is 35.4. The van der Waals surface area contributed by atoms with Gasteiger partial charge in [-0.05, 0) is 30.2 Å². The molecule has 6 N–H and O–H groups in total. The van der Waals surface area contributed by atoms with Crippen molar-refractivity contribution >= 4 is 35.2 Å². The largest absolute Gasteiger partial charge is 0.396 e. The van der Waals surface area contributed by atoms with Crippen LogP contribution in [-0.2, 0) is 22.7 Å². The maximum atomic E-state index is 13.1. The molecule has 0 atom stereocenters. The zero-order valence-electron chi connectivity index (χ0n) is 17.0. The number of benzene rings is 1. The summed E-state index contributed by atoms with van der Waals surface area (Å²) in [6.45, 7) is 2.33. The van der Waals surface area contributed by atoms with Gasteiger partial charge in [-0.25, -0.2) is 4.98 Å². The van der Waals surface area contributed by atoms with Crippen LogP contribution in [0.4, 0.5) is 17.2 Å². The van der Waals surface area contributed by atoms with Gasteiger partial charge in [0.1, 0.15) is 5.82 Å². The third-order valence-electron chi connectivity index (χ3n) is 4.76. The van der Waals surface area contributed by atoms with Crippen molar-refractivity contribution in [3.8, 4) is 0 Å². The first-order chi connectivity index (χ1) is 14.9. The Morgan fingerprint density at radius 1 is 1.10 bits per heavy atom. The van der Waals surface area contributed by atoms with E-state index in [1.54, 1.807) is 18.3 Å². The molecule has 0 aliphatic carbocycles. The minimum absolute atomic E-state index is 0.0631. The van der Waals surface area contributed by atoms with Crippen LogP contribution in [0.1, 0.15) is 22.4 Å². The van der Waals surface area contributed by atoms with Crippen LogP contribution in [0.2, 0.25) is 0 Å². The molecule has 9 heteroatoms. The van der Waals surface area contributed by atoms with Gasteiger partial charge in [0.2, 0.25) is 0 Å². The van der Waals surface area contributed by atoms with Crippen molar-refractivity contribution in [1.29, 1.82) is 5.41 Å². The highest BCUT2D eigenvalue weighted by Crippen LogP contribution is 2.24. The van der Waals surface area contributed by atoms with Gasteiger partial charge in [0, 0.05) is 19.0 Å². The second kappa shape index (κ2) is 9.49. The minimum atomic E-state index is -0.876. The number of nitrogens with one attached hydrogen (secondary N) is 2. The highest BCUT2D eigenvalue weighted by molar-refractivity contribution is 6.39. The number of rotatable bonds is 6. The second-order valence-electron chi connectivity index (χ2n) is 6.89. The van der Waals surface area contributed by atoms with E-state index in [9.17, 15) is 9.59 Å². The molecule has 0 bridgehead atoms. The van der Waals surface area contributed by atoms with E-state index >= 15 is 0 Å². The molecule has 158 valence electrons. The number of amides is 2. The smallest absolute Gasteiger partial charge is 0.314 e. The number of aromatic nitrogens is 2. The highest BCUT2D eigenvalue weighted by Gasteiger charge is 2.24. The van der Waals surface area contributed by atoms with Gasteiger partial charge >= 0.3 is 11.8 Å². The number of nitrogen functional groups attached to an aromatic ring is 2. The standard InChI is InChI=1S/C22H23N7O2/c1-14-6-2-3-7-15(14)12-29(13-16-8-4-5-9-26-16)22(31)21(30)28-18-11-27-20(25)17(10-23)19(18)24/h2-11,23H,12-13H2,1H3,(H,28,30)(H4,24,25,27). The zero-order chi connectivity index (χ0) is 22.4. The molecule has 0 saturated heterocycles. The summed E-state index contributed by atoms with van der Waals surface area (Å²) in [6, 6.07) is 13.0. The van der Waals surface area contributed by atoms with Crippen LogP contribution in [0.5, 0.6) is 0 Å². The molecule has 3 aromatic rings. The van der Waals surface area contributed by atoms with Crippen LogP contribution >= 0.6 is 0 Å². The van der Waals surface area contributed by atoms with Crippen LogP contribution in [0.25, 0.3) is 0 Å². The average molecular weight is 417 g/mol. The predicted octanol–water partition coefficient (Wildman–Crippen LogP) is 2.11. The fourth-order valence-electron chi connectivity index (χ4n) is 3.01. The van der Waals surface area contributed by atoms with Crippen molar-refractivity contribution in [1.82, 2.24) is 14.9 Å². The Labute approximate surface area is 179 Å². The van der Waals surface area contributed by atoms with Crippen molar-refractivity contribution in [2.75, 3.05) is 16.8 Å². The molecule has 0 saturated carbocycles. The van der Waals surface area contributed by atoms with Crippen LogP contribution in [-0.4, -0.2) is 32.9 Å². The van der Waals surface area contributed by atoms with Crippen LogP contribution in [0.15, 0.2) is 54.9 Å². The first-order valence-corrected chi connectivity index (χ1v) is 9.49. The van der Waals surface area contributed by atoms with E-state index < -0.39 is 11.8 Å². The maximum absolute atomic E-state index is 13.1. The molecule has 0 fully saturated rings. The number of hydrogen-bond donors (Lipinski definition) is 4. The number of carbonyl (C=O) groups is 2. The third-order valence-corrected chi connectivity index (χ3v) is 4.76. The SMILES string of the molecule is Cc1ccccc1CN(Cc1ccccn1)C(=O)C(=O)Nc1cnc(N)c(C=N)c1N.